The predicted octanol–water partition coefficient (Wildman–Crippen LogP) is 7.61. The Hall–Kier alpha value is -3.46. The molecule has 3 heterocycles. The van der Waals surface area contributed by atoms with Crippen molar-refractivity contribution in [1.82, 2.24) is 9.97 Å². The first-order valence-electron chi connectivity index (χ1n) is 12.8. The zero-order valence-electron chi connectivity index (χ0n) is 22.7. The topological polar surface area (TPSA) is 38.9 Å². The van der Waals surface area contributed by atoms with Gasteiger partial charge in [0.1, 0.15) is 5.58 Å². The second-order valence-electron chi connectivity index (χ2n) is 8.69. The zero-order valence-corrected chi connectivity index (χ0v) is 17.7. The van der Waals surface area contributed by atoms with E-state index in [1.807, 2.05) is 60.7 Å². The van der Waals surface area contributed by atoms with E-state index >= 15 is 0 Å². The molecule has 2 aromatic carbocycles. The van der Waals surface area contributed by atoms with Crippen LogP contribution >= 0.6 is 0 Å². The van der Waals surface area contributed by atoms with Crippen LogP contribution in [0.4, 0.5) is 0 Å². The summed E-state index contributed by atoms with van der Waals surface area (Å²) in [5.41, 5.74) is 3.11. The van der Waals surface area contributed by atoms with Gasteiger partial charge in [0, 0.05) is 34.9 Å². The van der Waals surface area contributed by atoms with Crippen LogP contribution in [-0.2, 0) is 6.37 Å². The first-order chi connectivity index (χ1) is 16.9. The molecule has 3 heteroatoms. The van der Waals surface area contributed by atoms with Crippen molar-refractivity contribution in [3.8, 4) is 22.5 Å². The molecule has 0 aliphatic heterocycles. The van der Waals surface area contributed by atoms with Gasteiger partial charge in [-0.15, -0.1) is 0 Å². The van der Waals surface area contributed by atoms with Crippen molar-refractivity contribution in [3.63, 3.8) is 0 Å². The van der Waals surface area contributed by atoms with E-state index in [1.54, 1.807) is 26.8 Å². The molecule has 3 nitrogen and oxygen atoms in total. The molecule has 0 atom stereocenters. The number of fused-ring (bicyclic) bond motifs is 3. The minimum Gasteiger partial charge on any atom is -0.437 e. The quantitative estimate of drug-likeness (QED) is 0.307. The summed E-state index contributed by atoms with van der Waals surface area (Å²) >= 11 is 0. The summed E-state index contributed by atoms with van der Waals surface area (Å²) in [7, 11) is 0. The Morgan fingerprint density at radius 2 is 1.77 bits per heavy atom. The number of rotatable bonds is 3. The number of para-hydroxylation sites is 1. The Morgan fingerprint density at radius 1 is 0.935 bits per heavy atom. The van der Waals surface area contributed by atoms with Gasteiger partial charge in [0.2, 0.25) is 5.71 Å². The second-order valence-corrected chi connectivity index (χ2v) is 8.69. The van der Waals surface area contributed by atoms with Gasteiger partial charge in [0.25, 0.3) is 0 Å². The molecule has 0 spiro atoms. The second kappa shape index (κ2) is 7.35. The van der Waals surface area contributed by atoms with Gasteiger partial charge < -0.3 is 4.42 Å². The van der Waals surface area contributed by atoms with Crippen molar-refractivity contribution in [1.29, 1.82) is 0 Å². The Balaban J connectivity index is 1.72. The molecule has 0 saturated carbocycles. The number of hydrogen-bond donors (Lipinski definition) is 0. The number of aryl methyl sites for hydroxylation is 1. The van der Waals surface area contributed by atoms with Gasteiger partial charge in [-0.05, 0) is 54.0 Å². The summed E-state index contributed by atoms with van der Waals surface area (Å²) in [6.45, 7) is 2.77. The zero-order chi connectivity index (χ0) is 25.9. The average molecular weight is 412 g/mol. The minimum atomic E-state index is -2.50. The van der Waals surface area contributed by atoms with Crippen LogP contribution in [0.5, 0.6) is 0 Å². The molecule has 0 aliphatic rings. The standard InChI is InChI=1S/C28H26N2O/c1-18-17-29-25(15-20(18)16-28(2,3)4)23-12-8-11-21-22-13-14-24(19-9-6-5-7-10-19)30-27(22)31-26(21)23/h5-15,17H,16H2,1-4H3/i1D3,16D2. The highest BCUT2D eigenvalue weighted by molar-refractivity contribution is 6.08. The molecule has 0 aliphatic carbocycles. The summed E-state index contributed by atoms with van der Waals surface area (Å²) in [4.78, 5) is 9.18. The van der Waals surface area contributed by atoms with Gasteiger partial charge in [-0.3, -0.25) is 4.98 Å². The Bertz CT molecular complexity index is 1580. The fourth-order valence-electron chi connectivity index (χ4n) is 3.76. The van der Waals surface area contributed by atoms with E-state index in [0.717, 1.165) is 22.0 Å². The summed E-state index contributed by atoms with van der Waals surface area (Å²) in [6, 6.07) is 21.0. The van der Waals surface area contributed by atoms with Crippen LogP contribution in [0.15, 0.2) is 77.3 Å². The van der Waals surface area contributed by atoms with Crippen molar-refractivity contribution in [2.45, 2.75) is 34.0 Å². The maximum Gasteiger partial charge on any atom is 0.227 e. The molecular weight excluding hydrogens is 380 g/mol. The van der Waals surface area contributed by atoms with Crippen LogP contribution in [0.2, 0.25) is 0 Å². The van der Waals surface area contributed by atoms with Crippen LogP contribution in [0.1, 0.15) is 38.8 Å². The maximum atomic E-state index is 8.81. The molecule has 0 bridgehead atoms. The molecule has 0 saturated heterocycles. The van der Waals surface area contributed by atoms with Gasteiger partial charge >= 0.3 is 0 Å². The van der Waals surface area contributed by atoms with Crippen LogP contribution in [0.25, 0.3) is 44.6 Å². The molecular formula is C28H26N2O. The number of furan rings is 1. The lowest BCUT2D eigenvalue weighted by Crippen LogP contribution is -2.10. The van der Waals surface area contributed by atoms with E-state index in [4.69, 9.17) is 16.3 Å². The lowest BCUT2D eigenvalue weighted by atomic mass is 9.86. The molecule has 0 fully saturated rings. The third kappa shape index (κ3) is 3.72. The molecule has 0 amide bonds. The summed E-state index contributed by atoms with van der Waals surface area (Å²) in [5, 5.41) is 1.72. The number of hydrogen-bond acceptors (Lipinski definition) is 3. The van der Waals surface area contributed by atoms with E-state index in [1.165, 1.54) is 6.20 Å². The highest BCUT2D eigenvalue weighted by atomic mass is 16.3. The fraction of sp³-hybridized carbons (Fsp3) is 0.214. The Labute approximate surface area is 189 Å². The molecule has 31 heavy (non-hydrogen) atoms. The van der Waals surface area contributed by atoms with Crippen LogP contribution < -0.4 is 0 Å². The van der Waals surface area contributed by atoms with Crippen molar-refractivity contribution in [2.75, 3.05) is 0 Å². The van der Waals surface area contributed by atoms with Crippen molar-refractivity contribution < 1.29 is 11.3 Å². The van der Waals surface area contributed by atoms with Crippen LogP contribution in [0.3, 0.4) is 0 Å². The first kappa shape index (κ1) is 14.5. The minimum absolute atomic E-state index is 0.0860. The fourth-order valence-corrected chi connectivity index (χ4v) is 3.76. The third-order valence-corrected chi connectivity index (χ3v) is 5.12. The molecule has 0 unspecified atom stereocenters. The van der Waals surface area contributed by atoms with Gasteiger partial charge in [0.05, 0.1) is 11.4 Å². The van der Waals surface area contributed by atoms with Gasteiger partial charge in [-0.2, -0.15) is 0 Å². The highest BCUT2D eigenvalue weighted by Gasteiger charge is 2.17. The van der Waals surface area contributed by atoms with Crippen LogP contribution in [0, 0.1) is 12.3 Å². The summed E-state index contributed by atoms with van der Waals surface area (Å²) < 4.78 is 47.8. The lowest BCUT2D eigenvalue weighted by molar-refractivity contribution is 0.410. The first-order valence-corrected chi connectivity index (χ1v) is 10.3. The van der Waals surface area contributed by atoms with E-state index in [0.29, 0.717) is 22.6 Å². The number of benzene rings is 2. The molecule has 0 N–H and O–H groups in total. The monoisotopic (exact) mass is 411 g/mol. The van der Waals surface area contributed by atoms with Crippen molar-refractivity contribution >= 4 is 22.1 Å². The molecule has 0 radical (unpaired) electrons. The largest absolute Gasteiger partial charge is 0.437 e. The van der Waals surface area contributed by atoms with Crippen LogP contribution in [-0.4, -0.2) is 9.97 Å². The van der Waals surface area contributed by atoms with Gasteiger partial charge in [-0.25, -0.2) is 4.98 Å². The molecule has 154 valence electrons. The highest BCUT2D eigenvalue weighted by Crippen LogP contribution is 2.36. The smallest absolute Gasteiger partial charge is 0.227 e. The maximum absolute atomic E-state index is 8.81. The SMILES string of the molecule is [2H]C([2H])([2H])c1cnc(-c2cccc3c2oc2nc(-c4ccccc4)ccc23)cc1C([2H])([2H])C(C)(C)C. The van der Waals surface area contributed by atoms with Crippen molar-refractivity contribution in [2.24, 2.45) is 5.41 Å². The third-order valence-electron chi connectivity index (χ3n) is 5.12. The molecule has 5 aromatic rings. The predicted molar refractivity (Wildman–Crippen MR) is 128 cm³/mol. The molecule has 5 rings (SSSR count). The average Bonchev–Trinajstić information content (AvgIpc) is 3.21. The van der Waals surface area contributed by atoms with Gasteiger partial charge in [0.15, 0.2) is 0 Å². The lowest BCUT2D eigenvalue weighted by Gasteiger charge is -2.20. The van der Waals surface area contributed by atoms with Gasteiger partial charge in [-0.1, -0.05) is 63.2 Å². The normalized spacial score (nSPS) is 15.3. The Morgan fingerprint density at radius 3 is 2.55 bits per heavy atom. The van der Waals surface area contributed by atoms with E-state index in [9.17, 15) is 0 Å². The summed E-state index contributed by atoms with van der Waals surface area (Å²) in [6.07, 6.45) is -0.642. The number of pyridine rings is 2. The number of aromatic nitrogens is 2. The van der Waals surface area contributed by atoms with E-state index < -0.39 is 18.6 Å². The van der Waals surface area contributed by atoms with Crippen molar-refractivity contribution in [3.05, 3.63) is 84.1 Å². The Kier molecular flexibility index (Phi) is 3.44. The molecule has 3 aromatic heterocycles. The van der Waals surface area contributed by atoms with E-state index in [-0.39, 0.29) is 11.1 Å². The van der Waals surface area contributed by atoms with E-state index in [2.05, 4.69) is 4.98 Å². The number of nitrogens with zero attached hydrogens (tertiary/aromatic N) is 2. The summed E-state index contributed by atoms with van der Waals surface area (Å²) in [5.74, 6) is 0.